The number of amides is 2. The standard InChI is InChI=1S/C29H33F2N3O4S/c1-4-15-32-29(36)27(17-22-10-6-5-7-11-22)33(19-23-12-8-9-21(2)16-23)28(35)20-34(39(3,37)38)24-13-14-25(30)26(31)18-24/h5-14,16,18,27H,4,15,17,19-20H2,1-3H3,(H,32,36)/t27-/m1/s1. The number of carbonyl (C=O) groups excluding carboxylic acids is 2. The van der Waals surface area contributed by atoms with Gasteiger partial charge in [-0.2, -0.15) is 0 Å². The van der Waals surface area contributed by atoms with Crippen LogP contribution in [-0.4, -0.2) is 50.5 Å². The molecule has 0 aromatic heterocycles. The highest BCUT2D eigenvalue weighted by atomic mass is 32.2. The molecule has 2 amide bonds. The van der Waals surface area contributed by atoms with Gasteiger partial charge in [-0.1, -0.05) is 67.1 Å². The van der Waals surface area contributed by atoms with E-state index in [1.807, 2.05) is 68.4 Å². The fourth-order valence-electron chi connectivity index (χ4n) is 4.18. The van der Waals surface area contributed by atoms with Gasteiger partial charge in [0.25, 0.3) is 0 Å². The van der Waals surface area contributed by atoms with Crippen LogP contribution in [0.4, 0.5) is 14.5 Å². The molecule has 0 aliphatic heterocycles. The lowest BCUT2D eigenvalue weighted by atomic mass is 10.0. The number of anilines is 1. The first-order valence-electron chi connectivity index (χ1n) is 12.6. The molecule has 39 heavy (non-hydrogen) atoms. The number of carbonyl (C=O) groups is 2. The summed E-state index contributed by atoms with van der Waals surface area (Å²) in [5, 5.41) is 2.86. The van der Waals surface area contributed by atoms with Crippen LogP contribution < -0.4 is 9.62 Å². The van der Waals surface area contributed by atoms with Crippen LogP contribution in [0.3, 0.4) is 0 Å². The zero-order valence-corrected chi connectivity index (χ0v) is 23.0. The molecule has 0 unspecified atom stereocenters. The highest BCUT2D eigenvalue weighted by molar-refractivity contribution is 7.92. The Morgan fingerprint density at radius 2 is 1.62 bits per heavy atom. The van der Waals surface area contributed by atoms with Crippen molar-refractivity contribution < 1.29 is 26.8 Å². The molecule has 3 aromatic carbocycles. The van der Waals surface area contributed by atoms with E-state index in [4.69, 9.17) is 0 Å². The maximum absolute atomic E-state index is 14.0. The third-order valence-electron chi connectivity index (χ3n) is 6.13. The minimum atomic E-state index is -4.08. The van der Waals surface area contributed by atoms with E-state index in [1.54, 1.807) is 0 Å². The topological polar surface area (TPSA) is 86.8 Å². The van der Waals surface area contributed by atoms with Gasteiger partial charge < -0.3 is 10.2 Å². The quantitative estimate of drug-likeness (QED) is 0.362. The lowest BCUT2D eigenvalue weighted by Gasteiger charge is -2.33. The maximum atomic E-state index is 14.0. The molecule has 0 aliphatic rings. The zero-order valence-electron chi connectivity index (χ0n) is 22.2. The van der Waals surface area contributed by atoms with Crippen LogP contribution in [0, 0.1) is 18.6 Å². The monoisotopic (exact) mass is 557 g/mol. The summed E-state index contributed by atoms with van der Waals surface area (Å²) in [6.45, 7) is 3.55. The molecular formula is C29H33F2N3O4S. The molecule has 10 heteroatoms. The average Bonchev–Trinajstić information content (AvgIpc) is 2.89. The van der Waals surface area contributed by atoms with Crippen molar-refractivity contribution in [3.8, 4) is 0 Å². The van der Waals surface area contributed by atoms with Crippen LogP contribution in [0.25, 0.3) is 0 Å². The van der Waals surface area contributed by atoms with Gasteiger partial charge >= 0.3 is 0 Å². The van der Waals surface area contributed by atoms with E-state index in [9.17, 15) is 26.8 Å². The molecule has 1 atom stereocenters. The Morgan fingerprint density at radius 1 is 0.923 bits per heavy atom. The molecule has 0 spiro atoms. The number of sulfonamides is 1. The van der Waals surface area contributed by atoms with Gasteiger partial charge in [-0.25, -0.2) is 17.2 Å². The van der Waals surface area contributed by atoms with Gasteiger partial charge in [0.05, 0.1) is 11.9 Å². The van der Waals surface area contributed by atoms with Crippen LogP contribution in [0.1, 0.15) is 30.0 Å². The summed E-state index contributed by atoms with van der Waals surface area (Å²) in [7, 11) is -4.08. The van der Waals surface area contributed by atoms with E-state index in [2.05, 4.69) is 5.32 Å². The van der Waals surface area contributed by atoms with Gasteiger partial charge in [-0.15, -0.1) is 0 Å². The van der Waals surface area contributed by atoms with Crippen LogP contribution in [0.5, 0.6) is 0 Å². The normalized spacial score (nSPS) is 12.0. The number of nitrogens with zero attached hydrogens (tertiary/aromatic N) is 2. The van der Waals surface area contributed by atoms with E-state index < -0.39 is 40.2 Å². The summed E-state index contributed by atoms with van der Waals surface area (Å²) in [4.78, 5) is 28.7. The molecule has 0 saturated carbocycles. The van der Waals surface area contributed by atoms with Crippen LogP contribution in [0.15, 0.2) is 72.8 Å². The summed E-state index contributed by atoms with van der Waals surface area (Å²) >= 11 is 0. The molecule has 7 nitrogen and oxygen atoms in total. The van der Waals surface area contributed by atoms with Crippen molar-refractivity contribution in [2.75, 3.05) is 23.7 Å². The summed E-state index contributed by atoms with van der Waals surface area (Å²) in [5.41, 5.74) is 2.32. The number of benzene rings is 3. The smallest absolute Gasteiger partial charge is 0.244 e. The van der Waals surface area contributed by atoms with Crippen LogP contribution in [-0.2, 0) is 32.6 Å². The molecule has 0 heterocycles. The first-order valence-corrected chi connectivity index (χ1v) is 14.4. The van der Waals surface area contributed by atoms with Crippen LogP contribution >= 0.6 is 0 Å². The van der Waals surface area contributed by atoms with Crippen molar-refractivity contribution in [3.05, 3.63) is 101 Å². The Hall–Kier alpha value is -3.79. The maximum Gasteiger partial charge on any atom is 0.244 e. The number of nitrogens with one attached hydrogen (secondary N) is 1. The molecule has 1 N–H and O–H groups in total. The fraction of sp³-hybridized carbons (Fsp3) is 0.310. The Labute approximate surface area is 228 Å². The Bertz CT molecular complexity index is 1400. The van der Waals surface area contributed by atoms with Crippen molar-refractivity contribution in [1.82, 2.24) is 10.2 Å². The first-order chi connectivity index (χ1) is 18.5. The second-order valence-corrected chi connectivity index (χ2v) is 11.3. The minimum Gasteiger partial charge on any atom is -0.354 e. The largest absolute Gasteiger partial charge is 0.354 e. The predicted octanol–water partition coefficient (Wildman–Crippen LogP) is 4.21. The van der Waals surface area contributed by atoms with Gasteiger partial charge in [-0.05, 0) is 36.6 Å². The lowest BCUT2D eigenvalue weighted by molar-refractivity contribution is -0.140. The zero-order chi connectivity index (χ0) is 28.6. The molecule has 3 aromatic rings. The second kappa shape index (κ2) is 13.3. The number of rotatable bonds is 12. The Kier molecular flexibility index (Phi) is 10.2. The lowest BCUT2D eigenvalue weighted by Crippen LogP contribution is -2.53. The first kappa shape index (κ1) is 29.8. The third kappa shape index (κ3) is 8.35. The molecule has 0 saturated heterocycles. The minimum absolute atomic E-state index is 0.0347. The van der Waals surface area contributed by atoms with Gasteiger partial charge in [-0.3, -0.25) is 13.9 Å². The molecule has 0 fully saturated rings. The predicted molar refractivity (Wildman–Crippen MR) is 148 cm³/mol. The molecule has 3 rings (SSSR count). The molecule has 0 bridgehead atoms. The molecular weight excluding hydrogens is 524 g/mol. The summed E-state index contributed by atoms with van der Waals surface area (Å²) in [5.74, 6) is -3.43. The van der Waals surface area contributed by atoms with Crippen molar-refractivity contribution in [1.29, 1.82) is 0 Å². The van der Waals surface area contributed by atoms with Gasteiger partial charge in [0.1, 0.15) is 12.6 Å². The van der Waals surface area contributed by atoms with Crippen molar-refractivity contribution >= 4 is 27.5 Å². The summed E-state index contributed by atoms with van der Waals surface area (Å²) < 4.78 is 53.6. The van der Waals surface area contributed by atoms with E-state index in [1.165, 1.54) is 4.90 Å². The summed E-state index contributed by atoms with van der Waals surface area (Å²) in [6.07, 6.45) is 1.76. The van der Waals surface area contributed by atoms with E-state index in [-0.39, 0.29) is 24.6 Å². The molecule has 0 aliphatic carbocycles. The molecule has 0 radical (unpaired) electrons. The van der Waals surface area contributed by atoms with Crippen molar-refractivity contribution in [3.63, 3.8) is 0 Å². The van der Waals surface area contributed by atoms with Crippen molar-refractivity contribution in [2.45, 2.75) is 39.3 Å². The van der Waals surface area contributed by atoms with Crippen molar-refractivity contribution in [2.24, 2.45) is 0 Å². The number of hydrogen-bond donors (Lipinski definition) is 1. The SMILES string of the molecule is CCCNC(=O)[C@@H](Cc1ccccc1)N(Cc1cccc(C)c1)C(=O)CN(c1ccc(F)c(F)c1)S(C)(=O)=O. The van der Waals surface area contributed by atoms with Gasteiger partial charge in [0.15, 0.2) is 11.6 Å². The number of halogens is 2. The highest BCUT2D eigenvalue weighted by Gasteiger charge is 2.33. The summed E-state index contributed by atoms with van der Waals surface area (Å²) in [6, 6.07) is 18.3. The van der Waals surface area contributed by atoms with E-state index in [0.29, 0.717) is 17.3 Å². The number of aryl methyl sites for hydroxylation is 1. The van der Waals surface area contributed by atoms with Crippen LogP contribution in [0.2, 0.25) is 0 Å². The average molecular weight is 558 g/mol. The number of hydrogen-bond acceptors (Lipinski definition) is 4. The fourth-order valence-corrected chi connectivity index (χ4v) is 5.02. The molecule has 208 valence electrons. The van der Waals surface area contributed by atoms with E-state index in [0.717, 1.165) is 41.1 Å². The van der Waals surface area contributed by atoms with Gasteiger partial charge in [0.2, 0.25) is 21.8 Å². The second-order valence-electron chi connectivity index (χ2n) is 9.38. The Morgan fingerprint density at radius 3 is 2.23 bits per heavy atom. The Balaban J connectivity index is 2.05. The van der Waals surface area contributed by atoms with E-state index >= 15 is 0 Å². The highest BCUT2D eigenvalue weighted by Crippen LogP contribution is 2.22. The van der Waals surface area contributed by atoms with Gasteiger partial charge in [0, 0.05) is 25.6 Å². The third-order valence-corrected chi connectivity index (χ3v) is 7.27.